The molecule has 4 nitrogen and oxygen atoms in total. The first-order valence-electron chi connectivity index (χ1n) is 19.6. The second-order valence-corrected chi connectivity index (χ2v) is 15.6. The predicted octanol–water partition coefficient (Wildman–Crippen LogP) is 14.5. The summed E-state index contributed by atoms with van der Waals surface area (Å²) in [6, 6.07) is 58.3. The minimum atomic E-state index is 0.516. The molecule has 0 aliphatic rings. The third-order valence-electron chi connectivity index (χ3n) is 11.5. The topological polar surface area (TPSA) is 38.0 Å². The van der Waals surface area contributed by atoms with Crippen LogP contribution in [0.5, 0.6) is 0 Å². The molecule has 0 spiro atoms. The summed E-state index contributed by atoms with van der Waals surface area (Å²) in [6.45, 7) is 17.2. The summed E-state index contributed by atoms with van der Waals surface area (Å²) in [7, 11) is 0. The molecule has 0 unspecified atom stereocenters. The summed E-state index contributed by atoms with van der Waals surface area (Å²) in [4.78, 5) is 4.18. The molecule has 0 atom stereocenters. The van der Waals surface area contributed by atoms with Crippen molar-refractivity contribution in [3.63, 3.8) is 0 Å². The van der Waals surface area contributed by atoms with Crippen LogP contribution >= 0.6 is 0 Å². The molecule has 0 saturated carbocycles. The van der Waals surface area contributed by atoms with E-state index in [4.69, 9.17) is 6.57 Å². The standard InChI is InChI=1S/C54H38N4/c1-33-21-34(2)24-41(23-33)38-17-19-45-43-13-6-8-15-49(43)57(51(45)28-38)53-30-47(40-12-10-11-37(27-40)32-55)48(56-5)31-54(53)58-50-16-9-7-14-44(50)46-20-18-39(29-52(46)58)42-25-35(3)22-36(4)26-42/h6-31H,1-4H3. The Morgan fingerprint density at radius 3 is 1.41 bits per heavy atom. The summed E-state index contributed by atoms with van der Waals surface area (Å²) in [5.74, 6) is 0. The first-order valence-corrected chi connectivity index (χ1v) is 19.6. The van der Waals surface area contributed by atoms with E-state index in [-0.39, 0.29) is 0 Å². The number of fused-ring (bicyclic) bond motifs is 6. The van der Waals surface area contributed by atoms with Crippen LogP contribution in [0.1, 0.15) is 27.8 Å². The number of hydrogen-bond acceptors (Lipinski definition) is 1. The van der Waals surface area contributed by atoms with Crippen LogP contribution in [0.15, 0.2) is 158 Å². The summed E-state index contributed by atoms with van der Waals surface area (Å²) in [5, 5.41) is 14.5. The quantitative estimate of drug-likeness (QED) is 0.162. The van der Waals surface area contributed by atoms with E-state index in [1.807, 2.05) is 24.3 Å². The van der Waals surface area contributed by atoms with Crippen molar-refractivity contribution in [3.05, 3.63) is 197 Å². The zero-order valence-corrected chi connectivity index (χ0v) is 32.8. The lowest BCUT2D eigenvalue weighted by atomic mass is 9.99. The maximum atomic E-state index is 9.92. The van der Waals surface area contributed by atoms with E-state index in [0.29, 0.717) is 11.3 Å². The van der Waals surface area contributed by atoms with Gasteiger partial charge in [-0.2, -0.15) is 5.26 Å². The number of aromatic nitrogens is 2. The lowest BCUT2D eigenvalue weighted by molar-refractivity contribution is 1.10. The van der Waals surface area contributed by atoms with Gasteiger partial charge >= 0.3 is 0 Å². The van der Waals surface area contributed by atoms with Gasteiger partial charge in [0, 0.05) is 21.5 Å². The van der Waals surface area contributed by atoms with E-state index in [9.17, 15) is 5.26 Å². The second-order valence-electron chi connectivity index (χ2n) is 15.6. The van der Waals surface area contributed by atoms with E-state index in [1.165, 1.54) is 33.4 Å². The Labute approximate surface area is 337 Å². The predicted molar refractivity (Wildman–Crippen MR) is 241 cm³/mol. The van der Waals surface area contributed by atoms with Crippen molar-refractivity contribution < 1.29 is 0 Å². The van der Waals surface area contributed by atoms with Crippen molar-refractivity contribution in [2.24, 2.45) is 0 Å². The summed E-state index contributed by atoms with van der Waals surface area (Å²) in [6.07, 6.45) is 0. The molecule has 4 heteroatoms. The average molecular weight is 743 g/mol. The average Bonchev–Trinajstić information content (AvgIpc) is 3.74. The first kappa shape index (κ1) is 34.8. The molecule has 0 fully saturated rings. The maximum absolute atomic E-state index is 9.92. The largest absolute Gasteiger partial charge is 0.308 e. The summed E-state index contributed by atoms with van der Waals surface area (Å²) >= 11 is 0. The molecule has 0 aliphatic heterocycles. The van der Waals surface area contributed by atoms with Crippen LogP contribution in [0.25, 0.3) is 93.2 Å². The Kier molecular flexibility index (Phi) is 8.11. The maximum Gasteiger partial charge on any atom is 0.197 e. The van der Waals surface area contributed by atoms with E-state index in [2.05, 4.69) is 181 Å². The molecule has 10 aromatic rings. The number of nitriles is 1. The van der Waals surface area contributed by atoms with Crippen LogP contribution in [-0.2, 0) is 0 Å². The molecular formula is C54H38N4. The Bertz CT molecular complexity index is 3370. The van der Waals surface area contributed by atoms with E-state index >= 15 is 0 Å². The van der Waals surface area contributed by atoms with Crippen LogP contribution in [0.3, 0.4) is 0 Å². The SMILES string of the molecule is [C-]#[N+]c1cc(-n2c3ccccc3c3ccc(-c4cc(C)cc(C)c4)cc32)c(-n2c3ccccc3c3ccc(-c4cc(C)cc(C)c4)cc32)cc1-c1cccc(C#N)c1. The van der Waals surface area contributed by atoms with Gasteiger partial charge < -0.3 is 9.13 Å². The summed E-state index contributed by atoms with van der Waals surface area (Å²) in [5.41, 5.74) is 18.3. The molecular weight excluding hydrogens is 705 g/mol. The minimum Gasteiger partial charge on any atom is -0.308 e. The van der Waals surface area contributed by atoms with Gasteiger partial charge in [0.1, 0.15) is 0 Å². The molecule has 0 aliphatic carbocycles. The van der Waals surface area contributed by atoms with Crippen molar-refractivity contribution in [1.29, 1.82) is 5.26 Å². The van der Waals surface area contributed by atoms with Crippen molar-refractivity contribution in [1.82, 2.24) is 9.13 Å². The lowest BCUT2D eigenvalue weighted by Gasteiger charge is -2.20. The zero-order chi connectivity index (χ0) is 39.7. The number of hydrogen-bond donors (Lipinski definition) is 0. The van der Waals surface area contributed by atoms with Gasteiger partial charge in [-0.15, -0.1) is 0 Å². The van der Waals surface area contributed by atoms with Crippen LogP contribution in [0, 0.1) is 45.6 Å². The highest BCUT2D eigenvalue weighted by Crippen LogP contribution is 2.44. The molecule has 0 N–H and O–H groups in total. The highest BCUT2D eigenvalue weighted by Gasteiger charge is 2.23. The van der Waals surface area contributed by atoms with E-state index < -0.39 is 0 Å². The molecule has 274 valence electrons. The molecule has 2 aromatic heterocycles. The van der Waals surface area contributed by atoms with Crippen molar-refractivity contribution >= 4 is 49.3 Å². The molecule has 0 radical (unpaired) electrons. The Balaban J connectivity index is 1.36. The first-order chi connectivity index (χ1) is 28.3. The second kappa shape index (κ2) is 13.5. The minimum absolute atomic E-state index is 0.516. The smallest absolute Gasteiger partial charge is 0.197 e. The number of rotatable bonds is 5. The molecule has 0 saturated heterocycles. The number of benzene rings is 8. The molecule has 2 heterocycles. The van der Waals surface area contributed by atoms with E-state index in [1.54, 1.807) is 0 Å². The van der Waals surface area contributed by atoms with Crippen LogP contribution in [0.2, 0.25) is 0 Å². The van der Waals surface area contributed by atoms with Crippen molar-refractivity contribution in [2.45, 2.75) is 27.7 Å². The van der Waals surface area contributed by atoms with Gasteiger partial charge in [-0.25, -0.2) is 4.85 Å². The van der Waals surface area contributed by atoms with Gasteiger partial charge in [-0.05, 0) is 110 Å². The van der Waals surface area contributed by atoms with E-state index in [0.717, 1.165) is 77.2 Å². The van der Waals surface area contributed by atoms with Gasteiger partial charge in [-0.1, -0.05) is 131 Å². The Hall–Kier alpha value is -7.66. The molecule has 58 heavy (non-hydrogen) atoms. The fourth-order valence-electron chi connectivity index (χ4n) is 9.11. The Morgan fingerprint density at radius 1 is 0.431 bits per heavy atom. The fourth-order valence-corrected chi connectivity index (χ4v) is 9.11. The van der Waals surface area contributed by atoms with Gasteiger partial charge in [-0.3, -0.25) is 0 Å². The normalized spacial score (nSPS) is 11.4. The zero-order valence-electron chi connectivity index (χ0n) is 32.8. The third kappa shape index (κ3) is 5.66. The highest BCUT2D eigenvalue weighted by atomic mass is 15.1. The van der Waals surface area contributed by atoms with Gasteiger partial charge in [0.2, 0.25) is 0 Å². The molecule has 0 amide bonds. The fraction of sp³-hybridized carbons (Fsp3) is 0.0741. The van der Waals surface area contributed by atoms with Crippen molar-refractivity contribution in [2.75, 3.05) is 0 Å². The molecule has 10 rings (SSSR count). The number of aryl methyl sites for hydroxylation is 4. The van der Waals surface area contributed by atoms with Crippen molar-refractivity contribution in [3.8, 4) is 50.8 Å². The van der Waals surface area contributed by atoms with Gasteiger partial charge in [0.25, 0.3) is 0 Å². The number of para-hydroxylation sites is 2. The summed E-state index contributed by atoms with van der Waals surface area (Å²) < 4.78 is 4.73. The Morgan fingerprint density at radius 2 is 0.914 bits per heavy atom. The monoisotopic (exact) mass is 742 g/mol. The van der Waals surface area contributed by atoms with Crippen LogP contribution in [0.4, 0.5) is 5.69 Å². The molecule has 8 aromatic carbocycles. The van der Waals surface area contributed by atoms with Crippen LogP contribution < -0.4 is 0 Å². The van der Waals surface area contributed by atoms with Gasteiger partial charge in [0.05, 0.1) is 51.6 Å². The molecule has 0 bridgehead atoms. The third-order valence-corrected chi connectivity index (χ3v) is 11.5. The van der Waals surface area contributed by atoms with Gasteiger partial charge in [0.15, 0.2) is 5.69 Å². The number of nitrogens with zero attached hydrogens (tertiary/aromatic N) is 4. The lowest BCUT2D eigenvalue weighted by Crippen LogP contribution is -2.04. The highest BCUT2D eigenvalue weighted by molar-refractivity contribution is 6.13. The van der Waals surface area contributed by atoms with Crippen LogP contribution in [-0.4, -0.2) is 9.13 Å².